The molecule has 0 radical (unpaired) electrons. The van der Waals surface area contributed by atoms with Crippen molar-refractivity contribution in [1.29, 1.82) is 0 Å². The van der Waals surface area contributed by atoms with Gasteiger partial charge in [0.15, 0.2) is 0 Å². The predicted molar refractivity (Wildman–Crippen MR) is 222 cm³/mol. The number of benzene rings is 9. The quantitative estimate of drug-likeness (QED) is 0.166. The second-order valence-electron chi connectivity index (χ2n) is 14.6. The van der Waals surface area contributed by atoms with Gasteiger partial charge in [-0.2, -0.15) is 0 Å². The van der Waals surface area contributed by atoms with Gasteiger partial charge in [-0.1, -0.05) is 159 Å². The lowest BCUT2D eigenvalue weighted by Crippen LogP contribution is -2.16. The Balaban J connectivity index is 1.10. The van der Waals surface area contributed by atoms with Gasteiger partial charge in [0.1, 0.15) is 0 Å². The van der Waals surface area contributed by atoms with Gasteiger partial charge in [-0.3, -0.25) is 0 Å². The zero-order valence-corrected chi connectivity index (χ0v) is 29.3. The van der Waals surface area contributed by atoms with Gasteiger partial charge in [0, 0.05) is 22.5 Å². The molecule has 1 aliphatic carbocycles. The number of nitrogens with zero attached hydrogens (tertiary/aromatic N) is 1. The van der Waals surface area contributed by atoms with Crippen LogP contribution in [-0.4, -0.2) is 0 Å². The maximum atomic E-state index is 2.41. The van der Waals surface area contributed by atoms with Crippen LogP contribution in [0.15, 0.2) is 188 Å². The molecule has 0 atom stereocenters. The zero-order valence-electron chi connectivity index (χ0n) is 29.3. The third kappa shape index (κ3) is 4.85. The molecule has 1 heteroatoms. The third-order valence-corrected chi connectivity index (χ3v) is 11.2. The molecule has 0 N–H and O–H groups in total. The molecule has 0 spiro atoms. The van der Waals surface area contributed by atoms with Crippen molar-refractivity contribution in [1.82, 2.24) is 0 Å². The van der Waals surface area contributed by atoms with Crippen LogP contribution in [0.2, 0.25) is 0 Å². The lowest BCUT2D eigenvalue weighted by Gasteiger charge is -2.28. The highest BCUT2D eigenvalue weighted by Crippen LogP contribution is 2.50. The van der Waals surface area contributed by atoms with E-state index in [9.17, 15) is 0 Å². The van der Waals surface area contributed by atoms with E-state index in [0.717, 1.165) is 17.1 Å². The van der Waals surface area contributed by atoms with E-state index in [0.29, 0.717) is 0 Å². The molecule has 246 valence electrons. The van der Waals surface area contributed by atoms with Crippen LogP contribution in [-0.2, 0) is 5.41 Å². The van der Waals surface area contributed by atoms with E-state index in [1.54, 1.807) is 0 Å². The average molecular weight is 664 g/mol. The molecule has 0 aromatic heterocycles. The highest BCUT2D eigenvalue weighted by atomic mass is 15.1. The Morgan fingerprint density at radius 2 is 0.923 bits per heavy atom. The molecule has 52 heavy (non-hydrogen) atoms. The number of hydrogen-bond donors (Lipinski definition) is 0. The van der Waals surface area contributed by atoms with Crippen molar-refractivity contribution in [3.05, 3.63) is 199 Å². The molecular weight excluding hydrogens is 627 g/mol. The minimum atomic E-state index is -0.0884. The minimum Gasteiger partial charge on any atom is -0.310 e. The van der Waals surface area contributed by atoms with Gasteiger partial charge in [0.2, 0.25) is 0 Å². The van der Waals surface area contributed by atoms with Gasteiger partial charge in [-0.25, -0.2) is 0 Å². The fraction of sp³-hybridized carbons (Fsp3) is 0.0588. The highest BCUT2D eigenvalue weighted by molar-refractivity contribution is 6.20. The van der Waals surface area contributed by atoms with E-state index >= 15 is 0 Å². The second-order valence-corrected chi connectivity index (χ2v) is 14.6. The van der Waals surface area contributed by atoms with Gasteiger partial charge in [0.25, 0.3) is 0 Å². The second kappa shape index (κ2) is 11.8. The van der Waals surface area contributed by atoms with Crippen LogP contribution in [0.4, 0.5) is 17.1 Å². The Bertz CT molecular complexity index is 2800. The van der Waals surface area contributed by atoms with Crippen LogP contribution in [0.3, 0.4) is 0 Å². The van der Waals surface area contributed by atoms with E-state index in [4.69, 9.17) is 0 Å². The third-order valence-electron chi connectivity index (χ3n) is 11.2. The lowest BCUT2D eigenvalue weighted by atomic mass is 9.82. The van der Waals surface area contributed by atoms with Gasteiger partial charge < -0.3 is 4.90 Å². The van der Waals surface area contributed by atoms with Crippen molar-refractivity contribution in [2.75, 3.05) is 4.90 Å². The SMILES string of the molecule is CC1(C)c2ccccc2-c2ccc(N(c3ccc(-c4ccc5ccc6ccc7ccccc7c6c5c4)cc3)c3cccc(-c4ccccc4)c3)cc21. The van der Waals surface area contributed by atoms with E-state index < -0.39 is 0 Å². The normalized spacial score (nSPS) is 13.0. The van der Waals surface area contributed by atoms with Gasteiger partial charge in [0.05, 0.1) is 0 Å². The summed E-state index contributed by atoms with van der Waals surface area (Å²) in [6.45, 7) is 4.71. The molecule has 0 heterocycles. The summed E-state index contributed by atoms with van der Waals surface area (Å²) in [5.74, 6) is 0. The van der Waals surface area contributed by atoms with Crippen molar-refractivity contribution in [2.24, 2.45) is 0 Å². The van der Waals surface area contributed by atoms with Crippen LogP contribution >= 0.6 is 0 Å². The van der Waals surface area contributed by atoms with Gasteiger partial charge in [-0.05, 0) is 119 Å². The molecule has 0 unspecified atom stereocenters. The van der Waals surface area contributed by atoms with Crippen LogP contribution in [0.1, 0.15) is 25.0 Å². The molecular formula is C51H37N. The van der Waals surface area contributed by atoms with Crippen LogP contribution in [0.5, 0.6) is 0 Å². The first-order valence-electron chi connectivity index (χ1n) is 18.2. The summed E-state index contributed by atoms with van der Waals surface area (Å²) >= 11 is 0. The first-order valence-corrected chi connectivity index (χ1v) is 18.2. The molecule has 0 amide bonds. The Morgan fingerprint density at radius 3 is 1.77 bits per heavy atom. The Kier molecular flexibility index (Phi) is 6.91. The Hall–Kier alpha value is -6.44. The Labute approximate surface area is 305 Å². The smallest absolute Gasteiger partial charge is 0.0467 e. The van der Waals surface area contributed by atoms with Crippen molar-refractivity contribution in [3.63, 3.8) is 0 Å². The topological polar surface area (TPSA) is 3.24 Å². The summed E-state index contributed by atoms with van der Waals surface area (Å²) in [7, 11) is 0. The summed E-state index contributed by atoms with van der Waals surface area (Å²) in [4.78, 5) is 2.41. The van der Waals surface area contributed by atoms with Gasteiger partial charge in [-0.15, -0.1) is 0 Å². The van der Waals surface area contributed by atoms with Crippen LogP contribution in [0, 0.1) is 0 Å². The van der Waals surface area contributed by atoms with Crippen LogP contribution < -0.4 is 4.90 Å². The summed E-state index contributed by atoms with van der Waals surface area (Å²) in [6.07, 6.45) is 0. The minimum absolute atomic E-state index is 0.0884. The summed E-state index contributed by atoms with van der Waals surface area (Å²) in [6, 6.07) is 69.2. The maximum absolute atomic E-state index is 2.41. The Morgan fingerprint density at radius 1 is 0.346 bits per heavy atom. The van der Waals surface area contributed by atoms with E-state index in [1.807, 2.05) is 0 Å². The van der Waals surface area contributed by atoms with Crippen molar-refractivity contribution in [3.8, 4) is 33.4 Å². The summed E-state index contributed by atoms with van der Waals surface area (Å²) in [5, 5.41) is 7.71. The molecule has 1 nitrogen and oxygen atoms in total. The molecule has 0 aliphatic heterocycles. The molecule has 1 aliphatic rings. The molecule has 9 aromatic carbocycles. The molecule has 0 bridgehead atoms. The summed E-state index contributed by atoms with van der Waals surface area (Å²) < 4.78 is 0. The molecule has 9 aromatic rings. The van der Waals surface area contributed by atoms with Gasteiger partial charge >= 0.3 is 0 Å². The van der Waals surface area contributed by atoms with E-state index in [1.165, 1.54) is 76.8 Å². The first kappa shape index (κ1) is 30.4. The summed E-state index contributed by atoms with van der Waals surface area (Å²) in [5.41, 5.74) is 13.6. The number of anilines is 3. The lowest BCUT2D eigenvalue weighted by molar-refractivity contribution is 0.660. The van der Waals surface area contributed by atoms with E-state index in [2.05, 4.69) is 207 Å². The maximum Gasteiger partial charge on any atom is 0.0467 e. The number of hydrogen-bond acceptors (Lipinski definition) is 1. The molecule has 0 fully saturated rings. The molecule has 0 saturated carbocycles. The van der Waals surface area contributed by atoms with Crippen LogP contribution in [0.25, 0.3) is 65.7 Å². The standard InChI is InChI=1S/C51H37N/c1-51(2)48-18-9-8-17-45(48)46-30-29-43(33-49(46)51)52(42-15-10-14-39(31-42)34-11-4-3-5-12-34)41-27-25-35(26-28-41)40-24-21-37-20-23-38-22-19-36-13-6-7-16-44(36)50(38)47(37)32-40/h3-33H,1-2H3. The largest absolute Gasteiger partial charge is 0.310 e. The van der Waals surface area contributed by atoms with E-state index in [-0.39, 0.29) is 5.41 Å². The first-order chi connectivity index (χ1) is 25.5. The fourth-order valence-corrected chi connectivity index (χ4v) is 8.54. The van der Waals surface area contributed by atoms with Crippen molar-refractivity contribution < 1.29 is 0 Å². The predicted octanol–water partition coefficient (Wildman–Crippen LogP) is 14.3. The molecule has 0 saturated heterocycles. The monoisotopic (exact) mass is 663 g/mol. The zero-order chi connectivity index (χ0) is 34.8. The molecule has 10 rings (SSSR count). The van der Waals surface area contributed by atoms with Crippen molar-refractivity contribution >= 4 is 49.4 Å². The van der Waals surface area contributed by atoms with Crippen molar-refractivity contribution in [2.45, 2.75) is 19.3 Å². The number of rotatable bonds is 5. The number of fused-ring (bicyclic) bond motifs is 8. The average Bonchev–Trinajstić information content (AvgIpc) is 3.43. The fourth-order valence-electron chi connectivity index (χ4n) is 8.54. The highest BCUT2D eigenvalue weighted by Gasteiger charge is 2.35.